The topological polar surface area (TPSA) is 19.6 Å². The number of nitrogens with zero attached hydrogens (tertiary/aromatic N) is 2. The Balaban J connectivity index is 1.21. The van der Waals surface area contributed by atoms with Crippen molar-refractivity contribution in [2.24, 2.45) is 0 Å². The predicted octanol–water partition coefficient (Wildman–Crippen LogP) is 14.9. The molecule has 9 aromatic carbocycles. The smallest absolute Gasteiger partial charge is 0.135 e. The molecule has 0 saturated carbocycles. The molecule has 1 aromatic heterocycles. The molecule has 12 rings (SSSR count). The molecule has 1 atom stereocenters. The van der Waals surface area contributed by atoms with Gasteiger partial charge in [0.2, 0.25) is 0 Å². The zero-order chi connectivity index (χ0) is 38.2. The average Bonchev–Trinajstić information content (AvgIpc) is 3.92. The maximum absolute atomic E-state index is 7.29. The zero-order valence-electron chi connectivity index (χ0n) is 31.6. The van der Waals surface area contributed by atoms with E-state index in [1.54, 1.807) is 0 Å². The van der Waals surface area contributed by atoms with Crippen LogP contribution in [0.2, 0.25) is 0 Å². The van der Waals surface area contributed by atoms with Crippen LogP contribution in [0, 0.1) is 0 Å². The molecule has 272 valence electrons. The largest absolute Gasteiger partial charge is 0.459 e. The van der Waals surface area contributed by atoms with Crippen LogP contribution in [0.1, 0.15) is 22.5 Å². The molecule has 0 N–H and O–H groups in total. The first kappa shape index (κ1) is 32.6. The number of anilines is 6. The summed E-state index contributed by atoms with van der Waals surface area (Å²) in [7, 11) is 0. The Hall–Kier alpha value is -7.62. The summed E-state index contributed by atoms with van der Waals surface area (Å²) in [6.07, 6.45) is 0. The van der Waals surface area contributed by atoms with Gasteiger partial charge in [-0.05, 0) is 99.9 Å². The third-order valence-electron chi connectivity index (χ3n) is 12.2. The molecule has 0 bridgehead atoms. The first-order chi connectivity index (χ1) is 28.8. The highest BCUT2D eigenvalue weighted by molar-refractivity contribution is 6.08. The summed E-state index contributed by atoms with van der Waals surface area (Å²) in [4.78, 5) is 4.84. The van der Waals surface area contributed by atoms with Crippen molar-refractivity contribution >= 4 is 55.9 Å². The third kappa shape index (κ3) is 4.56. The highest BCUT2D eigenvalue weighted by Gasteiger charge is 2.57. The van der Waals surface area contributed by atoms with E-state index in [9.17, 15) is 0 Å². The van der Waals surface area contributed by atoms with Crippen LogP contribution in [0.25, 0.3) is 44.0 Å². The summed E-state index contributed by atoms with van der Waals surface area (Å²) in [5.74, 6) is 0.969. The summed E-state index contributed by atoms with van der Waals surface area (Å²) >= 11 is 0. The lowest BCUT2D eigenvalue weighted by Gasteiger charge is -2.35. The van der Waals surface area contributed by atoms with Gasteiger partial charge >= 0.3 is 0 Å². The van der Waals surface area contributed by atoms with Crippen LogP contribution in [0.5, 0.6) is 0 Å². The molecule has 1 heterocycles. The summed E-state index contributed by atoms with van der Waals surface area (Å²) < 4.78 is 7.29. The van der Waals surface area contributed by atoms with E-state index < -0.39 is 5.41 Å². The molecule has 0 radical (unpaired) electrons. The molecule has 1 spiro atoms. The van der Waals surface area contributed by atoms with E-state index in [4.69, 9.17) is 4.42 Å². The highest BCUT2D eigenvalue weighted by Crippen LogP contribution is 2.67. The molecule has 2 aliphatic carbocycles. The van der Waals surface area contributed by atoms with Crippen molar-refractivity contribution in [3.63, 3.8) is 0 Å². The molecule has 0 aliphatic heterocycles. The van der Waals surface area contributed by atoms with Crippen molar-refractivity contribution in [2.75, 3.05) is 9.80 Å². The molecule has 1 unspecified atom stereocenters. The van der Waals surface area contributed by atoms with Gasteiger partial charge in [0.05, 0.1) is 11.4 Å². The average molecular weight is 741 g/mol. The fraction of sp³-hybridized carbons (Fsp3) is 0.0182. The van der Waals surface area contributed by atoms with Crippen molar-refractivity contribution in [3.8, 4) is 22.3 Å². The van der Waals surface area contributed by atoms with Crippen molar-refractivity contribution < 1.29 is 4.42 Å². The minimum absolute atomic E-state index is 0.773. The zero-order valence-corrected chi connectivity index (χ0v) is 31.6. The maximum Gasteiger partial charge on any atom is 0.135 e. The van der Waals surface area contributed by atoms with Crippen molar-refractivity contribution in [3.05, 3.63) is 241 Å². The van der Waals surface area contributed by atoms with Gasteiger partial charge in [-0.1, -0.05) is 152 Å². The molecule has 2 aliphatic rings. The Bertz CT molecular complexity index is 3140. The van der Waals surface area contributed by atoms with E-state index in [0.29, 0.717) is 0 Å². The number of para-hydroxylation sites is 4. The Morgan fingerprint density at radius 1 is 0.362 bits per heavy atom. The molecule has 3 heteroatoms. The number of fused-ring (bicyclic) bond motifs is 13. The molecule has 3 nitrogen and oxygen atoms in total. The second kappa shape index (κ2) is 12.7. The van der Waals surface area contributed by atoms with E-state index in [-0.39, 0.29) is 0 Å². The monoisotopic (exact) mass is 740 g/mol. The first-order valence-corrected chi connectivity index (χ1v) is 19.9. The SMILES string of the molecule is c1ccc(N(c2ccccc2)c2cccc3c2C2(c4ccccc4-c4ccc(N(c5ccccc5)c5cccc6ccccc56)cc42)c2oc4ccccc4c2-3)cc1. The molecule has 0 saturated heterocycles. The van der Waals surface area contributed by atoms with Gasteiger partial charge in [-0.2, -0.15) is 0 Å². The van der Waals surface area contributed by atoms with Gasteiger partial charge in [-0.3, -0.25) is 0 Å². The van der Waals surface area contributed by atoms with Crippen LogP contribution in [0.3, 0.4) is 0 Å². The first-order valence-electron chi connectivity index (χ1n) is 19.9. The van der Waals surface area contributed by atoms with Crippen LogP contribution in [0.15, 0.2) is 223 Å². The quantitative estimate of drug-likeness (QED) is 0.169. The van der Waals surface area contributed by atoms with Gasteiger partial charge in [-0.25, -0.2) is 0 Å². The standard InChI is InChI=1S/C55H36N2O/c1-4-20-38(21-5-1)56(39-22-6-2-7-23-39)50-32-17-29-46-52-45-28-13-15-33-51(45)58-54(52)55(53(46)50)47-30-14-12-27-43(47)44-35-34-41(36-48(44)55)57(40-24-8-3-9-25-40)49-31-16-19-37-18-10-11-26-42(37)49/h1-36H. The van der Waals surface area contributed by atoms with E-state index in [1.807, 2.05) is 0 Å². The molecule has 58 heavy (non-hydrogen) atoms. The van der Waals surface area contributed by atoms with Crippen LogP contribution in [0.4, 0.5) is 34.1 Å². The minimum Gasteiger partial charge on any atom is -0.459 e. The van der Waals surface area contributed by atoms with Crippen LogP contribution < -0.4 is 9.80 Å². The number of furan rings is 1. The van der Waals surface area contributed by atoms with Crippen LogP contribution in [-0.2, 0) is 5.41 Å². The van der Waals surface area contributed by atoms with E-state index >= 15 is 0 Å². The fourth-order valence-electron chi connectivity index (χ4n) is 9.93. The van der Waals surface area contributed by atoms with Crippen molar-refractivity contribution in [1.29, 1.82) is 0 Å². The number of rotatable bonds is 6. The van der Waals surface area contributed by atoms with E-state index in [2.05, 4.69) is 228 Å². The van der Waals surface area contributed by atoms with E-state index in [0.717, 1.165) is 56.4 Å². The predicted molar refractivity (Wildman–Crippen MR) is 239 cm³/mol. The van der Waals surface area contributed by atoms with Gasteiger partial charge in [0.25, 0.3) is 0 Å². The van der Waals surface area contributed by atoms with Gasteiger partial charge in [0, 0.05) is 44.6 Å². The number of benzene rings is 9. The lowest BCUT2D eigenvalue weighted by Crippen LogP contribution is -2.28. The summed E-state index contributed by atoms with van der Waals surface area (Å²) in [6.45, 7) is 0. The molecule has 10 aromatic rings. The Kier molecular flexibility index (Phi) is 7.14. The van der Waals surface area contributed by atoms with Crippen molar-refractivity contribution in [1.82, 2.24) is 0 Å². The third-order valence-corrected chi connectivity index (χ3v) is 12.2. The lowest BCUT2D eigenvalue weighted by atomic mass is 9.72. The highest BCUT2D eigenvalue weighted by atomic mass is 16.3. The van der Waals surface area contributed by atoms with Gasteiger partial charge in [0.15, 0.2) is 0 Å². The van der Waals surface area contributed by atoms with Gasteiger partial charge in [-0.15, -0.1) is 0 Å². The van der Waals surface area contributed by atoms with Gasteiger partial charge < -0.3 is 14.2 Å². The molecule has 0 amide bonds. The summed E-state index contributed by atoms with van der Waals surface area (Å²) in [5.41, 5.74) is 15.2. The molecular weight excluding hydrogens is 705 g/mol. The van der Waals surface area contributed by atoms with Crippen LogP contribution >= 0.6 is 0 Å². The second-order valence-electron chi connectivity index (χ2n) is 15.2. The number of hydrogen-bond acceptors (Lipinski definition) is 3. The van der Waals surface area contributed by atoms with Gasteiger partial charge in [0.1, 0.15) is 16.8 Å². The summed E-state index contributed by atoms with van der Waals surface area (Å²) in [6, 6.07) is 78.9. The fourth-order valence-corrected chi connectivity index (χ4v) is 9.93. The Labute approximate surface area is 337 Å². The Morgan fingerprint density at radius 2 is 0.897 bits per heavy atom. The molecular formula is C55H36N2O. The lowest BCUT2D eigenvalue weighted by molar-refractivity contribution is 0.507. The van der Waals surface area contributed by atoms with Crippen LogP contribution in [-0.4, -0.2) is 0 Å². The normalized spacial score (nSPS) is 14.6. The van der Waals surface area contributed by atoms with E-state index in [1.165, 1.54) is 44.2 Å². The summed E-state index contributed by atoms with van der Waals surface area (Å²) in [5, 5.41) is 3.53. The maximum atomic E-state index is 7.29. The Morgan fingerprint density at radius 3 is 1.64 bits per heavy atom. The van der Waals surface area contributed by atoms with Crippen molar-refractivity contribution in [2.45, 2.75) is 5.41 Å². The minimum atomic E-state index is -0.773. The molecule has 0 fully saturated rings. The second-order valence-corrected chi connectivity index (χ2v) is 15.2. The number of hydrogen-bond donors (Lipinski definition) is 0.